The highest BCUT2D eigenvalue weighted by Crippen LogP contribution is 2.39. The van der Waals surface area contributed by atoms with Crippen LogP contribution in [0.4, 0.5) is 0 Å². The van der Waals surface area contributed by atoms with Crippen molar-refractivity contribution in [3.8, 4) is 0 Å². The molecule has 3 nitrogen and oxygen atoms in total. The van der Waals surface area contributed by atoms with E-state index in [9.17, 15) is 4.79 Å². The van der Waals surface area contributed by atoms with Gasteiger partial charge in [0.2, 0.25) is 5.91 Å². The van der Waals surface area contributed by atoms with E-state index in [4.69, 9.17) is 18.0 Å². The molecule has 3 N–H and O–H groups in total. The molecule has 1 aliphatic rings. The summed E-state index contributed by atoms with van der Waals surface area (Å²) in [6.45, 7) is 2.79. The smallest absolute Gasteiger partial charge is 0.229 e. The highest BCUT2D eigenvalue weighted by Gasteiger charge is 2.34. The predicted molar refractivity (Wildman–Crippen MR) is 82.9 cm³/mol. The van der Waals surface area contributed by atoms with Crippen LogP contribution in [0.25, 0.3) is 0 Å². The summed E-state index contributed by atoms with van der Waals surface area (Å²) >= 11 is 6.85. The van der Waals surface area contributed by atoms with Crippen LogP contribution < -0.4 is 11.1 Å². The third kappa shape index (κ3) is 4.12. The maximum Gasteiger partial charge on any atom is 0.229 e. The fraction of sp³-hybridized carbons (Fsp3) is 0.846. The molecule has 0 saturated heterocycles. The first-order valence-corrected chi connectivity index (χ1v) is 8.30. The molecule has 0 heterocycles. The maximum absolute atomic E-state index is 12.1. The molecular formula is C13H24N2OS2. The van der Waals surface area contributed by atoms with Gasteiger partial charge in [0.15, 0.2) is 0 Å². The molecule has 104 valence electrons. The number of hydrogen-bond acceptors (Lipinski definition) is 3. The number of rotatable bonds is 7. The lowest BCUT2D eigenvalue weighted by Gasteiger charge is -2.28. The van der Waals surface area contributed by atoms with E-state index in [0.717, 1.165) is 19.4 Å². The minimum absolute atomic E-state index is 0.00433. The minimum Gasteiger partial charge on any atom is -0.393 e. The van der Waals surface area contributed by atoms with Gasteiger partial charge >= 0.3 is 0 Å². The molecule has 0 aromatic heterocycles. The molecule has 1 fully saturated rings. The zero-order chi connectivity index (χ0) is 13.6. The Morgan fingerprint density at radius 1 is 1.50 bits per heavy atom. The van der Waals surface area contributed by atoms with Gasteiger partial charge in [-0.25, -0.2) is 0 Å². The number of hydrogen-bond donors (Lipinski definition) is 2. The van der Waals surface area contributed by atoms with Crippen molar-refractivity contribution in [3.63, 3.8) is 0 Å². The summed E-state index contributed by atoms with van der Waals surface area (Å²) in [5, 5.41) is 3.06. The van der Waals surface area contributed by atoms with Crippen molar-refractivity contribution in [1.29, 1.82) is 0 Å². The Morgan fingerprint density at radius 2 is 2.11 bits per heavy atom. The monoisotopic (exact) mass is 288 g/mol. The summed E-state index contributed by atoms with van der Waals surface area (Å²) in [5.74, 6) is -0.296. The van der Waals surface area contributed by atoms with Crippen LogP contribution in [0, 0.1) is 5.92 Å². The van der Waals surface area contributed by atoms with Crippen molar-refractivity contribution in [2.45, 2.75) is 50.2 Å². The number of amides is 1. The molecule has 0 aromatic rings. The van der Waals surface area contributed by atoms with Crippen molar-refractivity contribution in [1.82, 2.24) is 5.32 Å². The standard InChI is InChI=1S/C13H24N2OS2/c1-3-6-10(11(14)17)12(16)15-9-13(18-2)7-4-5-8-13/h10H,3-9H2,1-2H3,(H2,14,17)(H,15,16). The molecule has 1 unspecified atom stereocenters. The first-order chi connectivity index (χ1) is 8.54. The second-order valence-corrected chi connectivity index (χ2v) is 6.80. The largest absolute Gasteiger partial charge is 0.393 e. The molecule has 0 aliphatic heterocycles. The molecule has 0 radical (unpaired) electrons. The Labute approximate surface area is 120 Å². The fourth-order valence-corrected chi connectivity index (χ4v) is 3.67. The Bertz CT molecular complexity index is 301. The highest BCUT2D eigenvalue weighted by molar-refractivity contribution is 8.00. The summed E-state index contributed by atoms with van der Waals surface area (Å²) in [6.07, 6.45) is 8.72. The van der Waals surface area contributed by atoms with Crippen LogP contribution in [0.5, 0.6) is 0 Å². The van der Waals surface area contributed by atoms with Crippen LogP contribution in [0.3, 0.4) is 0 Å². The second kappa shape index (κ2) is 7.34. The molecule has 5 heteroatoms. The Balaban J connectivity index is 2.50. The Hall–Kier alpha value is -0.290. The number of thiocarbonyl (C=S) groups is 1. The van der Waals surface area contributed by atoms with E-state index in [1.807, 2.05) is 18.7 Å². The lowest BCUT2D eigenvalue weighted by Crippen LogP contribution is -2.44. The van der Waals surface area contributed by atoms with Gasteiger partial charge in [0, 0.05) is 11.3 Å². The van der Waals surface area contributed by atoms with Gasteiger partial charge in [-0.05, 0) is 25.5 Å². The van der Waals surface area contributed by atoms with E-state index in [2.05, 4.69) is 11.6 Å². The summed E-state index contributed by atoms with van der Waals surface area (Å²) in [4.78, 5) is 12.4. The third-order valence-electron chi connectivity index (χ3n) is 3.77. The molecule has 0 bridgehead atoms. The van der Waals surface area contributed by atoms with Crippen LogP contribution in [-0.2, 0) is 4.79 Å². The number of nitrogens with two attached hydrogens (primary N) is 1. The number of thioether (sulfide) groups is 1. The SMILES string of the molecule is CCCC(C(=O)NCC1(SC)CCCC1)C(N)=S. The second-order valence-electron chi connectivity index (χ2n) is 5.06. The predicted octanol–water partition coefficient (Wildman–Crippen LogP) is 2.48. The van der Waals surface area contributed by atoms with Gasteiger partial charge in [0.1, 0.15) is 0 Å². The van der Waals surface area contributed by atoms with Crippen molar-refractivity contribution in [3.05, 3.63) is 0 Å². The van der Waals surface area contributed by atoms with Crippen molar-refractivity contribution in [2.75, 3.05) is 12.8 Å². The van der Waals surface area contributed by atoms with E-state index >= 15 is 0 Å². The highest BCUT2D eigenvalue weighted by atomic mass is 32.2. The molecule has 1 saturated carbocycles. The minimum atomic E-state index is -0.301. The molecule has 18 heavy (non-hydrogen) atoms. The lowest BCUT2D eigenvalue weighted by atomic mass is 10.0. The summed E-state index contributed by atoms with van der Waals surface area (Å²) in [6, 6.07) is 0. The fourth-order valence-electron chi connectivity index (χ4n) is 2.54. The first-order valence-electron chi connectivity index (χ1n) is 6.67. The summed E-state index contributed by atoms with van der Waals surface area (Å²) in [5.41, 5.74) is 5.64. The van der Waals surface area contributed by atoms with E-state index in [1.165, 1.54) is 25.7 Å². The van der Waals surface area contributed by atoms with Gasteiger partial charge < -0.3 is 11.1 Å². The molecule has 1 rings (SSSR count). The topological polar surface area (TPSA) is 55.1 Å². The number of carbonyl (C=O) groups is 1. The van der Waals surface area contributed by atoms with Gasteiger partial charge in [-0.2, -0.15) is 11.8 Å². The van der Waals surface area contributed by atoms with Gasteiger partial charge in [0.05, 0.1) is 10.9 Å². The molecule has 1 amide bonds. The lowest BCUT2D eigenvalue weighted by molar-refractivity contribution is -0.123. The molecule has 0 spiro atoms. The molecular weight excluding hydrogens is 264 g/mol. The van der Waals surface area contributed by atoms with Crippen LogP contribution >= 0.6 is 24.0 Å². The normalized spacial score (nSPS) is 19.4. The van der Waals surface area contributed by atoms with Crippen molar-refractivity contribution >= 4 is 34.9 Å². The van der Waals surface area contributed by atoms with E-state index in [-0.39, 0.29) is 16.6 Å². The van der Waals surface area contributed by atoms with Crippen LogP contribution in [0.15, 0.2) is 0 Å². The number of carbonyl (C=O) groups excluding carboxylic acids is 1. The Kier molecular flexibility index (Phi) is 6.43. The summed E-state index contributed by atoms with van der Waals surface area (Å²) in [7, 11) is 0. The van der Waals surface area contributed by atoms with Crippen LogP contribution in [0.2, 0.25) is 0 Å². The number of nitrogens with one attached hydrogen (secondary N) is 1. The van der Waals surface area contributed by atoms with E-state index < -0.39 is 0 Å². The van der Waals surface area contributed by atoms with Crippen LogP contribution in [-0.4, -0.2) is 28.4 Å². The molecule has 1 atom stereocenters. The van der Waals surface area contributed by atoms with Crippen molar-refractivity contribution in [2.24, 2.45) is 11.7 Å². The average molecular weight is 288 g/mol. The zero-order valence-electron chi connectivity index (χ0n) is 11.3. The maximum atomic E-state index is 12.1. The zero-order valence-corrected chi connectivity index (χ0v) is 13.0. The van der Waals surface area contributed by atoms with Crippen LogP contribution in [0.1, 0.15) is 45.4 Å². The quantitative estimate of drug-likeness (QED) is 0.707. The molecule has 1 aliphatic carbocycles. The van der Waals surface area contributed by atoms with Crippen molar-refractivity contribution < 1.29 is 4.79 Å². The molecule has 0 aromatic carbocycles. The van der Waals surface area contributed by atoms with E-state index in [0.29, 0.717) is 4.99 Å². The summed E-state index contributed by atoms with van der Waals surface area (Å²) < 4.78 is 0.239. The third-order valence-corrected chi connectivity index (χ3v) is 5.47. The average Bonchev–Trinajstić information content (AvgIpc) is 2.82. The van der Waals surface area contributed by atoms with Gasteiger partial charge in [-0.15, -0.1) is 0 Å². The van der Waals surface area contributed by atoms with Gasteiger partial charge in [-0.1, -0.05) is 38.4 Å². The van der Waals surface area contributed by atoms with Gasteiger partial charge in [0.25, 0.3) is 0 Å². The Morgan fingerprint density at radius 3 is 2.56 bits per heavy atom. The van der Waals surface area contributed by atoms with Gasteiger partial charge in [-0.3, -0.25) is 4.79 Å². The van der Waals surface area contributed by atoms with E-state index in [1.54, 1.807) is 0 Å². The first kappa shape index (κ1) is 15.8.